The number of nitrogens with one attached hydrogen (secondary N) is 1. The molecule has 0 spiro atoms. The van der Waals surface area contributed by atoms with Crippen molar-refractivity contribution >= 4 is 11.0 Å². The summed E-state index contributed by atoms with van der Waals surface area (Å²) in [5.41, 5.74) is 2.20. The highest BCUT2D eigenvalue weighted by Gasteiger charge is 2.23. The summed E-state index contributed by atoms with van der Waals surface area (Å²) < 4.78 is 24.8. The normalized spacial score (nSPS) is 12.1. The Labute approximate surface area is 222 Å². The Kier molecular flexibility index (Phi) is 6.16. The van der Waals surface area contributed by atoms with E-state index in [0.29, 0.717) is 27.1 Å². The smallest absolute Gasteiger partial charge is 0.334 e. The number of H-pyrrole nitrogens is 1. The zero-order chi connectivity index (χ0) is 26.9. The lowest BCUT2D eigenvalue weighted by atomic mass is 10.2. The Hall–Kier alpha value is -5.18. The second kappa shape index (κ2) is 9.94. The van der Waals surface area contributed by atoms with Crippen LogP contribution >= 0.6 is 0 Å². The molecule has 9 heteroatoms. The summed E-state index contributed by atoms with van der Waals surface area (Å²) >= 11 is 0. The standard InChI is InChI=1S/C30H24FN5O3/c1-39-24-14-12-20(13-15-24)18-34-26-16-25(22-17-32-35(19-22)23-10-6-3-7-11-23)33-27(26)29(37)36(30(34)38)28(31)21-8-4-2-5-9-21/h2-17,19,28,33H,18H2,1H3. The van der Waals surface area contributed by atoms with Gasteiger partial charge in [0.05, 0.1) is 36.7 Å². The van der Waals surface area contributed by atoms with Gasteiger partial charge in [0.25, 0.3) is 5.56 Å². The number of para-hydroxylation sites is 1. The van der Waals surface area contributed by atoms with Crippen LogP contribution in [-0.4, -0.2) is 31.0 Å². The molecule has 0 saturated heterocycles. The van der Waals surface area contributed by atoms with Gasteiger partial charge in [0, 0.05) is 17.3 Å². The average molecular weight is 522 g/mol. The summed E-state index contributed by atoms with van der Waals surface area (Å²) in [6.45, 7) is 0.127. The van der Waals surface area contributed by atoms with Crippen LogP contribution in [0.4, 0.5) is 4.39 Å². The van der Waals surface area contributed by atoms with Crippen LogP contribution in [0.5, 0.6) is 5.75 Å². The number of alkyl halides is 1. The summed E-state index contributed by atoms with van der Waals surface area (Å²) in [4.78, 5) is 30.4. The third-order valence-electron chi connectivity index (χ3n) is 6.67. The van der Waals surface area contributed by atoms with Crippen LogP contribution < -0.4 is 16.0 Å². The van der Waals surface area contributed by atoms with Crippen molar-refractivity contribution in [1.29, 1.82) is 0 Å². The van der Waals surface area contributed by atoms with E-state index in [-0.39, 0.29) is 17.6 Å². The van der Waals surface area contributed by atoms with E-state index >= 15 is 4.39 Å². The van der Waals surface area contributed by atoms with Crippen molar-refractivity contribution in [3.63, 3.8) is 0 Å². The molecule has 0 bridgehead atoms. The predicted octanol–water partition coefficient (Wildman–Crippen LogP) is 4.92. The van der Waals surface area contributed by atoms with Crippen LogP contribution in [0.3, 0.4) is 0 Å². The van der Waals surface area contributed by atoms with Gasteiger partial charge < -0.3 is 9.72 Å². The largest absolute Gasteiger partial charge is 0.497 e. The first-order valence-corrected chi connectivity index (χ1v) is 12.3. The van der Waals surface area contributed by atoms with Crippen molar-refractivity contribution in [2.45, 2.75) is 12.8 Å². The van der Waals surface area contributed by atoms with Gasteiger partial charge in [-0.3, -0.25) is 9.36 Å². The number of methoxy groups -OCH3 is 1. The number of benzene rings is 3. The lowest BCUT2D eigenvalue weighted by Gasteiger charge is -2.15. The van der Waals surface area contributed by atoms with Crippen molar-refractivity contribution in [3.8, 4) is 22.7 Å². The van der Waals surface area contributed by atoms with Crippen molar-refractivity contribution in [2.24, 2.45) is 0 Å². The Morgan fingerprint density at radius 2 is 1.64 bits per heavy atom. The fourth-order valence-corrected chi connectivity index (χ4v) is 4.63. The van der Waals surface area contributed by atoms with E-state index in [2.05, 4.69) is 10.1 Å². The SMILES string of the molecule is COc1ccc(Cn2c(=O)n(C(F)c3ccccc3)c(=O)c3[nH]c(-c4cnn(-c5ccccc5)c4)cc32)cc1. The molecule has 0 aliphatic heterocycles. The van der Waals surface area contributed by atoms with Crippen molar-refractivity contribution in [2.75, 3.05) is 7.11 Å². The highest BCUT2D eigenvalue weighted by atomic mass is 19.1. The van der Waals surface area contributed by atoms with Gasteiger partial charge in [-0.15, -0.1) is 0 Å². The molecule has 0 radical (unpaired) electrons. The molecule has 3 heterocycles. The van der Waals surface area contributed by atoms with Crippen LogP contribution in [0.2, 0.25) is 0 Å². The third kappa shape index (κ3) is 4.44. The van der Waals surface area contributed by atoms with Gasteiger partial charge in [-0.05, 0) is 35.9 Å². The number of nitrogens with zero attached hydrogens (tertiary/aromatic N) is 4. The molecule has 1 N–H and O–H groups in total. The second-order valence-corrected chi connectivity index (χ2v) is 9.09. The molecule has 0 saturated carbocycles. The summed E-state index contributed by atoms with van der Waals surface area (Å²) in [7, 11) is 1.57. The highest BCUT2D eigenvalue weighted by molar-refractivity contribution is 5.82. The average Bonchev–Trinajstić information content (AvgIpc) is 3.65. The Morgan fingerprint density at radius 3 is 2.33 bits per heavy atom. The van der Waals surface area contributed by atoms with Gasteiger partial charge in [-0.25, -0.2) is 18.4 Å². The van der Waals surface area contributed by atoms with Gasteiger partial charge in [0.15, 0.2) is 0 Å². The number of aromatic amines is 1. The molecule has 0 fully saturated rings. The zero-order valence-electron chi connectivity index (χ0n) is 21.0. The summed E-state index contributed by atoms with van der Waals surface area (Å²) in [6.07, 6.45) is 1.54. The van der Waals surface area contributed by atoms with Gasteiger partial charge in [-0.2, -0.15) is 5.10 Å². The minimum Gasteiger partial charge on any atom is -0.497 e. The van der Waals surface area contributed by atoms with Gasteiger partial charge in [0.2, 0.25) is 6.30 Å². The zero-order valence-corrected chi connectivity index (χ0v) is 21.0. The number of rotatable bonds is 7. The molecule has 3 aromatic heterocycles. The number of halogens is 1. The molecular formula is C30H24FN5O3. The molecule has 1 atom stereocenters. The first-order valence-electron chi connectivity index (χ1n) is 12.3. The molecule has 0 amide bonds. The molecule has 39 heavy (non-hydrogen) atoms. The molecule has 6 rings (SSSR count). The molecular weight excluding hydrogens is 497 g/mol. The fourth-order valence-electron chi connectivity index (χ4n) is 4.63. The van der Waals surface area contributed by atoms with E-state index < -0.39 is 17.5 Å². The van der Waals surface area contributed by atoms with Crippen molar-refractivity contribution in [1.82, 2.24) is 23.9 Å². The third-order valence-corrected chi connectivity index (χ3v) is 6.67. The summed E-state index contributed by atoms with van der Waals surface area (Å²) in [6, 6.07) is 26.7. The molecule has 1 unspecified atom stereocenters. The van der Waals surface area contributed by atoms with E-state index in [1.165, 1.54) is 4.57 Å². The molecule has 0 aliphatic carbocycles. The number of hydrogen-bond donors (Lipinski definition) is 1. The van der Waals surface area contributed by atoms with Crippen LogP contribution in [0.25, 0.3) is 28.0 Å². The van der Waals surface area contributed by atoms with Gasteiger partial charge >= 0.3 is 5.69 Å². The highest BCUT2D eigenvalue weighted by Crippen LogP contribution is 2.25. The molecule has 8 nitrogen and oxygen atoms in total. The molecule has 0 aliphatic rings. The Morgan fingerprint density at radius 1 is 0.949 bits per heavy atom. The molecule has 194 valence electrons. The summed E-state index contributed by atoms with van der Waals surface area (Å²) in [5, 5.41) is 4.44. The lowest BCUT2D eigenvalue weighted by molar-refractivity contribution is 0.275. The maximum atomic E-state index is 15.8. The number of aromatic nitrogens is 5. The number of fused-ring (bicyclic) bond motifs is 1. The number of hydrogen-bond acceptors (Lipinski definition) is 4. The van der Waals surface area contributed by atoms with E-state index in [1.807, 2.05) is 48.7 Å². The monoisotopic (exact) mass is 521 g/mol. The maximum Gasteiger partial charge on any atom is 0.334 e. The Balaban J connectivity index is 1.52. The van der Waals surface area contributed by atoms with E-state index in [1.54, 1.807) is 66.5 Å². The summed E-state index contributed by atoms with van der Waals surface area (Å²) in [5.74, 6) is 0.675. The van der Waals surface area contributed by atoms with Gasteiger partial charge in [-0.1, -0.05) is 60.7 Å². The van der Waals surface area contributed by atoms with E-state index in [9.17, 15) is 9.59 Å². The van der Waals surface area contributed by atoms with Crippen LogP contribution in [0, 0.1) is 0 Å². The van der Waals surface area contributed by atoms with Crippen LogP contribution in [-0.2, 0) is 6.54 Å². The quantitative estimate of drug-likeness (QED) is 0.323. The maximum absolute atomic E-state index is 15.8. The van der Waals surface area contributed by atoms with E-state index in [4.69, 9.17) is 4.74 Å². The van der Waals surface area contributed by atoms with Crippen LogP contribution in [0.15, 0.2) is 113 Å². The van der Waals surface area contributed by atoms with E-state index in [0.717, 1.165) is 11.3 Å². The predicted molar refractivity (Wildman–Crippen MR) is 147 cm³/mol. The minimum absolute atomic E-state index is 0.127. The first kappa shape index (κ1) is 24.2. The Bertz CT molecular complexity index is 1870. The fraction of sp³-hybridized carbons (Fsp3) is 0.100. The number of ether oxygens (including phenoxy) is 1. The minimum atomic E-state index is -1.95. The van der Waals surface area contributed by atoms with Gasteiger partial charge in [0.1, 0.15) is 11.3 Å². The first-order chi connectivity index (χ1) is 19.0. The van der Waals surface area contributed by atoms with Crippen LogP contribution in [0.1, 0.15) is 17.4 Å². The lowest BCUT2D eigenvalue weighted by Crippen LogP contribution is -2.41. The molecule has 6 aromatic rings. The molecule has 3 aromatic carbocycles. The second-order valence-electron chi connectivity index (χ2n) is 9.09. The van der Waals surface area contributed by atoms with Crippen molar-refractivity contribution < 1.29 is 9.13 Å². The topological polar surface area (TPSA) is 86.8 Å². The van der Waals surface area contributed by atoms with Crippen molar-refractivity contribution in [3.05, 3.63) is 135 Å².